The Balaban J connectivity index is 1.74. The predicted octanol–water partition coefficient (Wildman–Crippen LogP) is 4.14. The number of benzene rings is 3. The first-order valence-electron chi connectivity index (χ1n) is 8.51. The van der Waals surface area contributed by atoms with Crippen molar-refractivity contribution in [2.75, 3.05) is 5.32 Å². The number of rotatable bonds is 4. The lowest BCUT2D eigenvalue weighted by Crippen LogP contribution is -2.21. The van der Waals surface area contributed by atoms with Gasteiger partial charge in [-0.3, -0.25) is 14.4 Å². The third-order valence-electron chi connectivity index (χ3n) is 4.44. The second-order valence-electron chi connectivity index (χ2n) is 6.16. The van der Waals surface area contributed by atoms with E-state index in [9.17, 15) is 14.4 Å². The molecule has 0 saturated heterocycles. The number of allylic oxidation sites excluding steroid dienone is 1. The molecule has 130 valence electrons. The highest BCUT2D eigenvalue weighted by atomic mass is 16.2. The maximum atomic E-state index is 12.9. The maximum Gasteiger partial charge on any atom is 0.233 e. The number of ketones is 3. The molecular weight excluding hydrogens is 338 g/mol. The number of Topliss-reactive ketones (excluding diaryl/α,β-unsaturated/α-hetero) is 1. The van der Waals surface area contributed by atoms with Crippen molar-refractivity contribution in [3.8, 4) is 0 Å². The average Bonchev–Trinajstić information content (AvgIpc) is 2.72. The fraction of sp³-hybridized carbons (Fsp3) is 0. The monoisotopic (exact) mass is 353 g/mol. The number of fused-ring (bicyclic) bond motifs is 1. The van der Waals surface area contributed by atoms with Gasteiger partial charge in [-0.15, -0.1) is 0 Å². The van der Waals surface area contributed by atoms with E-state index in [1.807, 2.05) is 24.3 Å². The van der Waals surface area contributed by atoms with Crippen molar-refractivity contribution < 1.29 is 14.4 Å². The Labute approximate surface area is 156 Å². The first-order valence-corrected chi connectivity index (χ1v) is 8.51. The third kappa shape index (κ3) is 3.09. The SMILES string of the molecule is O=C1C=C(Nc2ccccc2C(=O)c2ccccc2)c2ccccc2C1=O. The molecule has 4 nitrogen and oxygen atoms in total. The average molecular weight is 353 g/mol. The largest absolute Gasteiger partial charge is 0.354 e. The molecule has 27 heavy (non-hydrogen) atoms. The zero-order chi connectivity index (χ0) is 18.8. The molecule has 0 aliphatic heterocycles. The van der Waals surface area contributed by atoms with Crippen molar-refractivity contribution in [3.05, 3.63) is 107 Å². The minimum Gasteiger partial charge on any atom is -0.354 e. The van der Waals surface area contributed by atoms with Crippen LogP contribution in [-0.2, 0) is 4.79 Å². The van der Waals surface area contributed by atoms with Gasteiger partial charge in [-0.05, 0) is 12.1 Å². The lowest BCUT2D eigenvalue weighted by Gasteiger charge is -2.19. The number of para-hydroxylation sites is 1. The Hall–Kier alpha value is -3.79. The minimum atomic E-state index is -0.580. The lowest BCUT2D eigenvalue weighted by atomic mass is 9.92. The van der Waals surface area contributed by atoms with Gasteiger partial charge in [-0.2, -0.15) is 0 Å². The molecular formula is C23H15NO3. The second-order valence-corrected chi connectivity index (χ2v) is 6.16. The fourth-order valence-corrected chi connectivity index (χ4v) is 3.11. The minimum absolute atomic E-state index is 0.120. The summed E-state index contributed by atoms with van der Waals surface area (Å²) < 4.78 is 0. The number of anilines is 1. The first-order chi connectivity index (χ1) is 13.1. The van der Waals surface area contributed by atoms with Crippen molar-refractivity contribution in [2.24, 2.45) is 0 Å². The highest BCUT2D eigenvalue weighted by molar-refractivity contribution is 6.50. The molecule has 1 aliphatic carbocycles. The van der Waals surface area contributed by atoms with Crippen LogP contribution in [0.1, 0.15) is 31.8 Å². The van der Waals surface area contributed by atoms with Gasteiger partial charge in [0, 0.05) is 34.0 Å². The Morgan fingerprint density at radius 1 is 0.704 bits per heavy atom. The standard InChI is InChI=1S/C23H15NO3/c25-21-14-20(16-10-4-5-11-17(16)23(21)27)24-19-13-7-6-12-18(19)22(26)15-8-2-1-3-9-15/h1-14,24H. The van der Waals surface area contributed by atoms with Gasteiger partial charge < -0.3 is 5.32 Å². The molecule has 0 atom stereocenters. The smallest absolute Gasteiger partial charge is 0.233 e. The van der Waals surface area contributed by atoms with Crippen molar-refractivity contribution in [3.63, 3.8) is 0 Å². The van der Waals surface area contributed by atoms with Gasteiger partial charge in [-0.1, -0.05) is 66.7 Å². The van der Waals surface area contributed by atoms with Crippen LogP contribution in [0.4, 0.5) is 5.69 Å². The summed E-state index contributed by atoms with van der Waals surface area (Å²) >= 11 is 0. The molecule has 0 aromatic heterocycles. The Morgan fingerprint density at radius 3 is 2.11 bits per heavy atom. The Bertz CT molecular complexity index is 1100. The van der Waals surface area contributed by atoms with Gasteiger partial charge >= 0.3 is 0 Å². The molecule has 0 heterocycles. The van der Waals surface area contributed by atoms with E-state index < -0.39 is 11.6 Å². The van der Waals surface area contributed by atoms with Crippen LogP contribution < -0.4 is 5.32 Å². The highest BCUT2D eigenvalue weighted by Gasteiger charge is 2.26. The quantitative estimate of drug-likeness (QED) is 0.566. The van der Waals surface area contributed by atoms with Gasteiger partial charge in [0.25, 0.3) is 0 Å². The van der Waals surface area contributed by atoms with Crippen LogP contribution in [0.15, 0.2) is 84.9 Å². The van der Waals surface area contributed by atoms with Gasteiger partial charge in [-0.25, -0.2) is 0 Å². The zero-order valence-corrected chi connectivity index (χ0v) is 14.3. The molecule has 4 rings (SSSR count). The molecule has 0 unspecified atom stereocenters. The highest BCUT2D eigenvalue weighted by Crippen LogP contribution is 2.28. The van der Waals surface area contributed by atoms with E-state index in [0.717, 1.165) is 0 Å². The topological polar surface area (TPSA) is 63.2 Å². The van der Waals surface area contributed by atoms with Crippen LogP contribution in [0.3, 0.4) is 0 Å². The molecule has 3 aromatic carbocycles. The van der Waals surface area contributed by atoms with E-state index in [4.69, 9.17) is 0 Å². The molecule has 0 fully saturated rings. The summed E-state index contributed by atoms with van der Waals surface area (Å²) in [6.07, 6.45) is 1.29. The number of nitrogens with one attached hydrogen (secondary N) is 1. The number of carbonyl (C=O) groups is 3. The fourth-order valence-electron chi connectivity index (χ4n) is 3.11. The predicted molar refractivity (Wildman–Crippen MR) is 104 cm³/mol. The van der Waals surface area contributed by atoms with E-state index >= 15 is 0 Å². The molecule has 0 bridgehead atoms. The van der Waals surface area contributed by atoms with Crippen LogP contribution in [0.5, 0.6) is 0 Å². The van der Waals surface area contributed by atoms with Gasteiger partial charge in [0.15, 0.2) is 5.78 Å². The normalized spacial score (nSPS) is 13.0. The van der Waals surface area contributed by atoms with Gasteiger partial charge in [0.2, 0.25) is 11.6 Å². The Kier molecular flexibility index (Phi) is 4.22. The van der Waals surface area contributed by atoms with Crippen molar-refractivity contribution in [1.82, 2.24) is 0 Å². The van der Waals surface area contributed by atoms with Crippen molar-refractivity contribution in [2.45, 2.75) is 0 Å². The van der Waals surface area contributed by atoms with E-state index in [1.54, 1.807) is 54.6 Å². The van der Waals surface area contributed by atoms with E-state index in [1.165, 1.54) is 6.08 Å². The molecule has 3 aromatic rings. The first kappa shape index (κ1) is 16.7. The van der Waals surface area contributed by atoms with Crippen molar-refractivity contribution >= 4 is 28.7 Å². The van der Waals surface area contributed by atoms with Crippen molar-refractivity contribution in [1.29, 1.82) is 0 Å². The van der Waals surface area contributed by atoms with E-state index in [-0.39, 0.29) is 5.78 Å². The van der Waals surface area contributed by atoms with Crippen LogP contribution in [0.25, 0.3) is 5.70 Å². The summed E-state index contributed by atoms with van der Waals surface area (Å²) in [4.78, 5) is 37.1. The second kappa shape index (κ2) is 6.84. The number of carbonyl (C=O) groups excluding carboxylic acids is 3. The molecule has 0 saturated carbocycles. The zero-order valence-electron chi connectivity index (χ0n) is 14.3. The number of hydrogen-bond acceptors (Lipinski definition) is 4. The summed E-state index contributed by atoms with van der Waals surface area (Å²) in [6, 6.07) is 23.1. The van der Waals surface area contributed by atoms with Crippen LogP contribution >= 0.6 is 0 Å². The molecule has 1 N–H and O–H groups in total. The molecule has 0 amide bonds. The molecule has 4 heteroatoms. The summed E-state index contributed by atoms with van der Waals surface area (Å²) in [7, 11) is 0. The summed E-state index contributed by atoms with van der Waals surface area (Å²) in [5.41, 5.74) is 3.16. The molecule has 0 radical (unpaired) electrons. The summed E-state index contributed by atoms with van der Waals surface area (Å²) in [6.45, 7) is 0. The van der Waals surface area contributed by atoms with E-state index in [2.05, 4.69) is 5.32 Å². The molecule has 1 aliphatic rings. The van der Waals surface area contributed by atoms with Gasteiger partial charge in [0.1, 0.15) is 0 Å². The van der Waals surface area contributed by atoms with Crippen LogP contribution in [-0.4, -0.2) is 17.3 Å². The van der Waals surface area contributed by atoms with Gasteiger partial charge in [0.05, 0.1) is 5.70 Å². The third-order valence-corrected chi connectivity index (χ3v) is 4.44. The lowest BCUT2D eigenvalue weighted by molar-refractivity contribution is -0.111. The van der Waals surface area contributed by atoms with E-state index in [0.29, 0.717) is 33.6 Å². The van der Waals surface area contributed by atoms with Crippen LogP contribution in [0, 0.1) is 0 Å². The number of hydrogen-bond donors (Lipinski definition) is 1. The summed E-state index contributed by atoms with van der Waals surface area (Å²) in [5, 5.41) is 3.17. The van der Waals surface area contributed by atoms with Crippen LogP contribution in [0.2, 0.25) is 0 Å². The summed E-state index contributed by atoms with van der Waals surface area (Å²) in [5.74, 6) is -1.22. The Morgan fingerprint density at radius 2 is 1.33 bits per heavy atom. The maximum absolute atomic E-state index is 12.9. The molecule has 0 spiro atoms.